The fraction of sp³-hybridized carbons (Fsp3) is 0.625. The molecule has 0 aromatic heterocycles. The highest BCUT2D eigenvalue weighted by Gasteiger charge is 2.32. The van der Waals surface area contributed by atoms with Gasteiger partial charge < -0.3 is 5.73 Å². The second-order valence-electron chi connectivity index (χ2n) is 5.88. The van der Waals surface area contributed by atoms with Gasteiger partial charge in [-0.3, -0.25) is 4.90 Å². The summed E-state index contributed by atoms with van der Waals surface area (Å²) in [6, 6.07) is 9.72. The molecule has 1 heterocycles. The standard InChI is InChI=1S/C16H26N2/c1-4-13-5-7-14(8-6-13)16-15(17)9-10-18(16)11-12(2)3/h5-8,12,15-16H,4,9-11,17H2,1-3H3. The fourth-order valence-electron chi connectivity index (χ4n) is 2.97. The van der Waals surface area contributed by atoms with Crippen molar-refractivity contribution in [3.8, 4) is 0 Å². The molecular weight excluding hydrogens is 220 g/mol. The van der Waals surface area contributed by atoms with Crippen molar-refractivity contribution < 1.29 is 0 Å². The Balaban J connectivity index is 2.16. The van der Waals surface area contributed by atoms with Gasteiger partial charge >= 0.3 is 0 Å². The molecule has 2 atom stereocenters. The zero-order valence-corrected chi connectivity index (χ0v) is 11.9. The molecule has 0 amide bonds. The lowest BCUT2D eigenvalue weighted by molar-refractivity contribution is 0.221. The topological polar surface area (TPSA) is 29.3 Å². The van der Waals surface area contributed by atoms with Crippen LogP contribution < -0.4 is 5.73 Å². The van der Waals surface area contributed by atoms with E-state index in [1.165, 1.54) is 11.1 Å². The van der Waals surface area contributed by atoms with E-state index >= 15 is 0 Å². The van der Waals surface area contributed by atoms with Crippen molar-refractivity contribution in [1.29, 1.82) is 0 Å². The Hall–Kier alpha value is -0.860. The highest BCUT2D eigenvalue weighted by Crippen LogP contribution is 2.31. The molecule has 18 heavy (non-hydrogen) atoms. The molecule has 0 aliphatic carbocycles. The summed E-state index contributed by atoms with van der Waals surface area (Å²) in [6.45, 7) is 9.04. The van der Waals surface area contributed by atoms with Crippen LogP contribution in [0, 0.1) is 5.92 Å². The van der Waals surface area contributed by atoms with Crippen LogP contribution in [0.1, 0.15) is 44.4 Å². The molecule has 1 aromatic rings. The van der Waals surface area contributed by atoms with E-state index in [0.29, 0.717) is 12.0 Å². The number of hydrogen-bond donors (Lipinski definition) is 1. The molecule has 2 unspecified atom stereocenters. The quantitative estimate of drug-likeness (QED) is 0.885. The molecule has 1 fully saturated rings. The molecule has 1 aliphatic heterocycles. The summed E-state index contributed by atoms with van der Waals surface area (Å²) in [5, 5.41) is 0. The van der Waals surface area contributed by atoms with Gasteiger partial charge in [-0.25, -0.2) is 0 Å². The van der Waals surface area contributed by atoms with Crippen LogP contribution in [0.15, 0.2) is 24.3 Å². The molecule has 0 radical (unpaired) electrons. The second kappa shape index (κ2) is 5.85. The van der Waals surface area contributed by atoms with E-state index in [1.807, 2.05) is 0 Å². The maximum atomic E-state index is 6.31. The third-order valence-corrected chi connectivity index (χ3v) is 3.88. The molecule has 2 rings (SSSR count). The first-order valence-corrected chi connectivity index (χ1v) is 7.20. The summed E-state index contributed by atoms with van der Waals surface area (Å²) in [7, 11) is 0. The Morgan fingerprint density at radius 2 is 1.94 bits per heavy atom. The molecule has 2 heteroatoms. The van der Waals surface area contributed by atoms with Gasteiger partial charge in [0, 0.05) is 25.2 Å². The van der Waals surface area contributed by atoms with Gasteiger partial charge in [-0.2, -0.15) is 0 Å². The molecule has 2 nitrogen and oxygen atoms in total. The van der Waals surface area contributed by atoms with Crippen molar-refractivity contribution in [3.63, 3.8) is 0 Å². The van der Waals surface area contributed by atoms with Crippen LogP contribution in [-0.2, 0) is 6.42 Å². The highest BCUT2D eigenvalue weighted by atomic mass is 15.2. The minimum absolute atomic E-state index is 0.288. The van der Waals surface area contributed by atoms with Crippen LogP contribution >= 0.6 is 0 Å². The van der Waals surface area contributed by atoms with Gasteiger partial charge in [0.15, 0.2) is 0 Å². The van der Waals surface area contributed by atoms with Gasteiger partial charge in [0.1, 0.15) is 0 Å². The average molecular weight is 246 g/mol. The van der Waals surface area contributed by atoms with E-state index in [9.17, 15) is 0 Å². The zero-order valence-electron chi connectivity index (χ0n) is 11.9. The van der Waals surface area contributed by atoms with E-state index in [0.717, 1.165) is 25.9 Å². The summed E-state index contributed by atoms with van der Waals surface area (Å²) in [4.78, 5) is 2.55. The van der Waals surface area contributed by atoms with Crippen LogP contribution in [0.5, 0.6) is 0 Å². The smallest absolute Gasteiger partial charge is 0.0499 e. The van der Waals surface area contributed by atoms with Gasteiger partial charge in [-0.15, -0.1) is 0 Å². The van der Waals surface area contributed by atoms with Crippen LogP contribution in [0.3, 0.4) is 0 Å². The minimum Gasteiger partial charge on any atom is -0.326 e. The first kappa shape index (κ1) is 13.6. The second-order valence-corrected chi connectivity index (χ2v) is 5.88. The van der Waals surface area contributed by atoms with Crippen molar-refractivity contribution >= 4 is 0 Å². The molecule has 0 saturated carbocycles. The maximum Gasteiger partial charge on any atom is 0.0499 e. The van der Waals surface area contributed by atoms with E-state index in [4.69, 9.17) is 5.73 Å². The summed E-state index contributed by atoms with van der Waals surface area (Å²) < 4.78 is 0. The van der Waals surface area contributed by atoms with E-state index in [2.05, 4.69) is 49.9 Å². The SMILES string of the molecule is CCc1ccc(C2C(N)CCN2CC(C)C)cc1. The molecule has 1 saturated heterocycles. The maximum absolute atomic E-state index is 6.31. The molecule has 0 spiro atoms. The fourth-order valence-corrected chi connectivity index (χ4v) is 2.97. The van der Waals surface area contributed by atoms with Crippen LogP contribution in [0.2, 0.25) is 0 Å². The predicted molar refractivity (Wildman–Crippen MR) is 77.6 cm³/mol. The number of benzene rings is 1. The lowest BCUT2D eigenvalue weighted by atomic mass is 9.98. The molecule has 1 aliphatic rings. The first-order chi connectivity index (χ1) is 8.61. The zero-order chi connectivity index (χ0) is 13.1. The van der Waals surface area contributed by atoms with Gasteiger partial charge in [0.25, 0.3) is 0 Å². The van der Waals surface area contributed by atoms with Crippen molar-refractivity contribution in [2.24, 2.45) is 11.7 Å². The number of likely N-dealkylation sites (tertiary alicyclic amines) is 1. The first-order valence-electron chi connectivity index (χ1n) is 7.20. The summed E-state index contributed by atoms with van der Waals surface area (Å²) in [5.41, 5.74) is 9.10. The lowest BCUT2D eigenvalue weighted by Crippen LogP contribution is -2.33. The van der Waals surface area contributed by atoms with Gasteiger partial charge in [-0.05, 0) is 29.9 Å². The molecule has 100 valence electrons. The van der Waals surface area contributed by atoms with Crippen LogP contribution in [0.4, 0.5) is 0 Å². The number of rotatable bonds is 4. The monoisotopic (exact) mass is 246 g/mol. The molecule has 1 aromatic carbocycles. The normalized spacial score (nSPS) is 24.9. The van der Waals surface area contributed by atoms with Gasteiger partial charge in [0.05, 0.1) is 0 Å². The third kappa shape index (κ3) is 2.93. The Labute approximate surface area is 111 Å². The van der Waals surface area contributed by atoms with E-state index in [1.54, 1.807) is 0 Å². The Kier molecular flexibility index (Phi) is 4.41. The Morgan fingerprint density at radius 1 is 1.28 bits per heavy atom. The molecular formula is C16H26N2. The van der Waals surface area contributed by atoms with Crippen molar-refractivity contribution in [2.45, 2.75) is 45.7 Å². The number of aryl methyl sites for hydroxylation is 1. The van der Waals surface area contributed by atoms with Crippen molar-refractivity contribution in [3.05, 3.63) is 35.4 Å². The van der Waals surface area contributed by atoms with Crippen molar-refractivity contribution in [2.75, 3.05) is 13.1 Å². The van der Waals surface area contributed by atoms with E-state index < -0.39 is 0 Å². The highest BCUT2D eigenvalue weighted by molar-refractivity contribution is 5.27. The Morgan fingerprint density at radius 3 is 2.50 bits per heavy atom. The van der Waals surface area contributed by atoms with Crippen molar-refractivity contribution in [1.82, 2.24) is 4.90 Å². The summed E-state index contributed by atoms with van der Waals surface area (Å²) in [6.07, 6.45) is 2.22. The minimum atomic E-state index is 0.288. The van der Waals surface area contributed by atoms with Gasteiger partial charge in [0.2, 0.25) is 0 Å². The number of hydrogen-bond acceptors (Lipinski definition) is 2. The molecule has 0 bridgehead atoms. The number of nitrogens with zero attached hydrogens (tertiary/aromatic N) is 1. The summed E-state index contributed by atoms with van der Waals surface area (Å²) in [5.74, 6) is 0.702. The van der Waals surface area contributed by atoms with E-state index in [-0.39, 0.29) is 6.04 Å². The van der Waals surface area contributed by atoms with Gasteiger partial charge in [-0.1, -0.05) is 45.0 Å². The third-order valence-electron chi connectivity index (χ3n) is 3.88. The van der Waals surface area contributed by atoms with Crippen LogP contribution in [0.25, 0.3) is 0 Å². The molecule has 2 N–H and O–H groups in total. The average Bonchev–Trinajstić information content (AvgIpc) is 2.70. The lowest BCUT2D eigenvalue weighted by Gasteiger charge is -2.28. The Bertz CT molecular complexity index is 369. The van der Waals surface area contributed by atoms with Crippen LogP contribution in [-0.4, -0.2) is 24.0 Å². The number of nitrogens with two attached hydrogens (primary N) is 1. The summed E-state index contributed by atoms with van der Waals surface area (Å²) >= 11 is 0. The predicted octanol–water partition coefficient (Wildman–Crippen LogP) is 2.98. The largest absolute Gasteiger partial charge is 0.326 e.